The van der Waals surface area contributed by atoms with E-state index in [0.717, 1.165) is 4.90 Å². The van der Waals surface area contributed by atoms with Crippen molar-refractivity contribution in [2.45, 2.75) is 6.61 Å². The average molecular weight is 512 g/mol. The number of para-hydroxylation sites is 1. The lowest BCUT2D eigenvalue weighted by atomic mass is 10.1. The number of carbonyl (C=O) groups is 3. The van der Waals surface area contributed by atoms with E-state index in [9.17, 15) is 24.5 Å². The van der Waals surface area contributed by atoms with Crippen LogP contribution >= 0.6 is 23.2 Å². The van der Waals surface area contributed by atoms with Crippen LogP contribution in [-0.4, -0.2) is 22.8 Å². The summed E-state index contributed by atoms with van der Waals surface area (Å²) in [5.41, 5.74) is 0.713. The van der Waals surface area contributed by atoms with E-state index >= 15 is 0 Å². The van der Waals surface area contributed by atoms with Crippen LogP contribution in [0, 0.1) is 10.1 Å². The lowest BCUT2D eigenvalue weighted by Gasteiger charge is -2.27. The monoisotopic (exact) mass is 511 g/mol. The van der Waals surface area contributed by atoms with E-state index in [-0.39, 0.29) is 28.6 Å². The predicted molar refractivity (Wildman–Crippen MR) is 129 cm³/mol. The second-order valence-corrected chi connectivity index (χ2v) is 8.15. The maximum atomic E-state index is 13.2. The molecule has 1 heterocycles. The summed E-state index contributed by atoms with van der Waals surface area (Å²) in [5.74, 6) is -1.46. The van der Waals surface area contributed by atoms with Gasteiger partial charge in [-0.2, -0.15) is 0 Å². The summed E-state index contributed by atoms with van der Waals surface area (Å²) >= 11 is 12.3. The van der Waals surface area contributed by atoms with Crippen molar-refractivity contribution >= 4 is 58.5 Å². The van der Waals surface area contributed by atoms with Crippen molar-refractivity contribution in [3.05, 3.63) is 104 Å². The van der Waals surface area contributed by atoms with Crippen molar-refractivity contribution in [1.29, 1.82) is 0 Å². The Morgan fingerprint density at radius 2 is 1.71 bits per heavy atom. The number of nitrogens with zero attached hydrogens (tertiary/aromatic N) is 2. The smallest absolute Gasteiger partial charge is 0.335 e. The molecular formula is C24H15Cl2N3O6. The van der Waals surface area contributed by atoms with E-state index in [4.69, 9.17) is 27.9 Å². The molecule has 1 aliphatic heterocycles. The fourth-order valence-electron chi connectivity index (χ4n) is 3.30. The number of rotatable bonds is 6. The quantitative estimate of drug-likeness (QED) is 0.211. The average Bonchev–Trinajstić information content (AvgIpc) is 2.82. The Bertz CT molecular complexity index is 1390. The number of carbonyl (C=O) groups excluding carboxylic acids is 3. The lowest BCUT2D eigenvalue weighted by Crippen LogP contribution is -2.54. The second-order valence-electron chi connectivity index (χ2n) is 7.30. The number of imide groups is 2. The molecule has 3 aromatic carbocycles. The highest BCUT2D eigenvalue weighted by molar-refractivity contribution is 6.42. The fraction of sp³-hybridized carbons (Fsp3) is 0.0417. The second kappa shape index (κ2) is 9.96. The van der Waals surface area contributed by atoms with Gasteiger partial charge in [0.15, 0.2) is 0 Å². The number of anilines is 1. The molecule has 0 aliphatic carbocycles. The number of nitro groups is 1. The van der Waals surface area contributed by atoms with Gasteiger partial charge in [-0.15, -0.1) is 0 Å². The SMILES string of the molecule is O=C1NC(=O)N(c2ccccc2Cl)C(=O)/C1=C/c1cc(Cl)ccc1OCc1ccc([N+](=O)[O-])cc1. The molecule has 0 radical (unpaired) electrons. The summed E-state index contributed by atoms with van der Waals surface area (Å²) in [6.07, 6.45) is 1.27. The summed E-state index contributed by atoms with van der Waals surface area (Å²) in [6.45, 7) is 0.0557. The molecule has 9 nitrogen and oxygen atoms in total. The van der Waals surface area contributed by atoms with Crippen molar-refractivity contribution in [3.63, 3.8) is 0 Å². The molecule has 0 spiro atoms. The number of non-ortho nitro benzene ring substituents is 1. The highest BCUT2D eigenvalue weighted by Crippen LogP contribution is 2.31. The zero-order chi connectivity index (χ0) is 25.1. The first kappa shape index (κ1) is 23.9. The van der Waals surface area contributed by atoms with Gasteiger partial charge < -0.3 is 4.74 Å². The van der Waals surface area contributed by atoms with Crippen LogP contribution in [0.1, 0.15) is 11.1 Å². The number of urea groups is 1. The third-order valence-electron chi connectivity index (χ3n) is 5.01. The molecule has 0 bridgehead atoms. The molecule has 35 heavy (non-hydrogen) atoms. The number of hydrogen-bond donors (Lipinski definition) is 1. The number of nitro benzene ring substituents is 1. The van der Waals surface area contributed by atoms with Gasteiger partial charge in [0.05, 0.1) is 15.6 Å². The number of barbiturate groups is 1. The molecular weight excluding hydrogens is 497 g/mol. The first-order valence-corrected chi connectivity index (χ1v) is 10.8. The number of amides is 4. The Hall–Kier alpha value is -4.21. The number of hydrogen-bond acceptors (Lipinski definition) is 6. The maximum absolute atomic E-state index is 13.2. The van der Waals surface area contributed by atoms with E-state index < -0.39 is 22.8 Å². The molecule has 4 rings (SSSR count). The summed E-state index contributed by atoms with van der Waals surface area (Å²) in [7, 11) is 0. The van der Waals surface area contributed by atoms with Gasteiger partial charge in [-0.3, -0.25) is 25.0 Å². The predicted octanol–water partition coefficient (Wildman–Crippen LogP) is 5.15. The third kappa shape index (κ3) is 5.16. The van der Waals surface area contributed by atoms with E-state index in [1.165, 1.54) is 36.4 Å². The van der Waals surface area contributed by atoms with Gasteiger partial charge in [0.2, 0.25) is 0 Å². The number of halogens is 2. The third-order valence-corrected chi connectivity index (χ3v) is 5.56. The van der Waals surface area contributed by atoms with Crippen LogP contribution in [0.2, 0.25) is 10.0 Å². The first-order chi connectivity index (χ1) is 16.7. The van der Waals surface area contributed by atoms with Gasteiger partial charge in [-0.05, 0) is 54.1 Å². The molecule has 0 unspecified atom stereocenters. The molecule has 1 fully saturated rings. The van der Waals surface area contributed by atoms with Crippen molar-refractivity contribution in [2.24, 2.45) is 0 Å². The van der Waals surface area contributed by atoms with Crippen LogP contribution in [0.3, 0.4) is 0 Å². The molecule has 0 atom stereocenters. The highest BCUT2D eigenvalue weighted by Gasteiger charge is 2.37. The van der Waals surface area contributed by atoms with Gasteiger partial charge in [0.1, 0.15) is 17.9 Å². The van der Waals surface area contributed by atoms with Crippen molar-refractivity contribution in [2.75, 3.05) is 4.90 Å². The molecule has 1 aliphatic rings. The molecule has 4 amide bonds. The van der Waals surface area contributed by atoms with Crippen molar-refractivity contribution in [1.82, 2.24) is 5.32 Å². The summed E-state index contributed by atoms with van der Waals surface area (Å²) in [5, 5.41) is 13.4. The normalized spacial score (nSPS) is 14.7. The summed E-state index contributed by atoms with van der Waals surface area (Å²) < 4.78 is 5.82. The van der Waals surface area contributed by atoms with Crippen LogP contribution in [0.15, 0.2) is 72.3 Å². The highest BCUT2D eigenvalue weighted by atomic mass is 35.5. The molecule has 0 aromatic heterocycles. The van der Waals surface area contributed by atoms with Gasteiger partial charge in [0, 0.05) is 22.7 Å². The Balaban J connectivity index is 1.65. The van der Waals surface area contributed by atoms with Crippen LogP contribution in [-0.2, 0) is 16.2 Å². The van der Waals surface area contributed by atoms with Gasteiger partial charge in [-0.25, -0.2) is 9.69 Å². The molecule has 176 valence electrons. The van der Waals surface area contributed by atoms with Crippen LogP contribution in [0.5, 0.6) is 5.75 Å². The largest absolute Gasteiger partial charge is 0.488 e. The maximum Gasteiger partial charge on any atom is 0.335 e. The van der Waals surface area contributed by atoms with E-state index in [1.807, 2.05) is 0 Å². The summed E-state index contributed by atoms with van der Waals surface area (Å²) in [4.78, 5) is 49.2. The molecule has 11 heteroatoms. The van der Waals surface area contributed by atoms with Crippen molar-refractivity contribution < 1.29 is 24.0 Å². The zero-order valence-corrected chi connectivity index (χ0v) is 19.2. The molecule has 0 saturated carbocycles. The zero-order valence-electron chi connectivity index (χ0n) is 17.7. The van der Waals surface area contributed by atoms with Crippen molar-refractivity contribution in [3.8, 4) is 5.75 Å². The Kier molecular flexibility index (Phi) is 6.81. The van der Waals surface area contributed by atoms with Gasteiger partial charge >= 0.3 is 6.03 Å². The molecule has 1 saturated heterocycles. The Morgan fingerprint density at radius 1 is 1.00 bits per heavy atom. The van der Waals surface area contributed by atoms with Crippen LogP contribution in [0.4, 0.5) is 16.2 Å². The summed E-state index contributed by atoms with van der Waals surface area (Å²) in [6, 6.07) is 15.7. The standard InChI is InChI=1S/C24H15Cl2N3O6/c25-16-7-10-21(35-13-14-5-8-17(9-6-14)29(33)34)15(11-16)12-18-22(30)27-24(32)28(23(18)31)20-4-2-1-3-19(20)26/h1-12H,13H2,(H,27,30,32)/b18-12+. The minimum atomic E-state index is -0.925. The molecule has 1 N–H and O–H groups in total. The van der Waals surface area contributed by atoms with E-state index in [0.29, 0.717) is 21.9 Å². The minimum Gasteiger partial charge on any atom is -0.488 e. The Labute approximate surface area is 208 Å². The minimum absolute atomic E-state index is 0.0508. The van der Waals surface area contributed by atoms with Gasteiger partial charge in [0.25, 0.3) is 17.5 Å². The van der Waals surface area contributed by atoms with E-state index in [2.05, 4.69) is 5.32 Å². The fourth-order valence-corrected chi connectivity index (χ4v) is 3.70. The number of benzene rings is 3. The first-order valence-electron chi connectivity index (χ1n) is 10.1. The van der Waals surface area contributed by atoms with Crippen LogP contribution < -0.4 is 15.0 Å². The number of nitrogens with one attached hydrogen (secondary N) is 1. The van der Waals surface area contributed by atoms with Gasteiger partial charge in [-0.1, -0.05) is 35.3 Å². The van der Waals surface area contributed by atoms with E-state index in [1.54, 1.807) is 36.4 Å². The van der Waals surface area contributed by atoms with Crippen LogP contribution in [0.25, 0.3) is 6.08 Å². The topological polar surface area (TPSA) is 119 Å². The number of ether oxygens (including phenoxy) is 1. The Morgan fingerprint density at radius 3 is 2.40 bits per heavy atom. The molecule has 3 aromatic rings. The lowest BCUT2D eigenvalue weighted by molar-refractivity contribution is -0.384.